The lowest BCUT2D eigenvalue weighted by molar-refractivity contribution is 0.735. The van der Waals surface area contributed by atoms with Crippen molar-refractivity contribution in [2.75, 3.05) is 0 Å². The minimum atomic E-state index is 0.719. The maximum absolute atomic E-state index is 2.36. The summed E-state index contributed by atoms with van der Waals surface area (Å²) in [7, 11) is 0. The molecule has 0 amide bonds. The predicted molar refractivity (Wildman–Crippen MR) is 69.7 cm³/mol. The van der Waals surface area contributed by atoms with Gasteiger partial charge in [-0.3, -0.25) is 0 Å². The zero-order valence-electron chi connectivity index (χ0n) is 9.49. The van der Waals surface area contributed by atoms with Gasteiger partial charge in [0.2, 0.25) is 0 Å². The Labute approximate surface area is 96.8 Å². The average Bonchev–Trinajstić information content (AvgIpc) is 2.25. The molecule has 0 radical (unpaired) electrons. The summed E-state index contributed by atoms with van der Waals surface area (Å²) in [6.45, 7) is 4.47. The highest BCUT2D eigenvalue weighted by atomic mass is 32.2. The molecule has 0 saturated heterocycles. The van der Waals surface area contributed by atoms with Gasteiger partial charge in [-0.05, 0) is 37.0 Å². The molecule has 0 aromatic heterocycles. The van der Waals surface area contributed by atoms with Crippen LogP contribution in [0.25, 0.3) is 0 Å². The number of hydrogen-bond acceptors (Lipinski definition) is 1. The highest BCUT2D eigenvalue weighted by Gasteiger charge is 2.08. The standard InChI is InChI=1S/C14H18S/c1-11-3-7-13(8-4-11)15-14-9-5-12(2)6-10-14/h3,5,7-9,11H,4,6,10H2,1-2H3/t11-/m1/s1. The van der Waals surface area contributed by atoms with Gasteiger partial charge in [0.05, 0.1) is 0 Å². The third kappa shape index (κ3) is 3.13. The molecule has 15 heavy (non-hydrogen) atoms. The first-order valence-corrected chi connectivity index (χ1v) is 6.48. The summed E-state index contributed by atoms with van der Waals surface area (Å²) in [5, 5.41) is 0. The summed E-state index contributed by atoms with van der Waals surface area (Å²) < 4.78 is 0. The van der Waals surface area contributed by atoms with Crippen molar-refractivity contribution in [1.82, 2.24) is 0 Å². The Balaban J connectivity index is 1.96. The van der Waals surface area contributed by atoms with Gasteiger partial charge in [0.15, 0.2) is 0 Å². The molecule has 0 fully saturated rings. The molecule has 2 aliphatic carbocycles. The number of rotatable bonds is 2. The fourth-order valence-electron chi connectivity index (χ4n) is 1.74. The van der Waals surface area contributed by atoms with Gasteiger partial charge in [0.1, 0.15) is 0 Å². The fourth-order valence-corrected chi connectivity index (χ4v) is 2.71. The van der Waals surface area contributed by atoms with Crippen molar-refractivity contribution < 1.29 is 0 Å². The van der Waals surface area contributed by atoms with Gasteiger partial charge in [-0.25, -0.2) is 0 Å². The zero-order chi connectivity index (χ0) is 10.7. The molecule has 1 atom stereocenters. The van der Waals surface area contributed by atoms with Crippen molar-refractivity contribution in [3.05, 3.63) is 45.8 Å². The zero-order valence-corrected chi connectivity index (χ0v) is 10.3. The average molecular weight is 218 g/mol. The molecule has 0 aliphatic heterocycles. The topological polar surface area (TPSA) is 0 Å². The minimum absolute atomic E-state index is 0.719. The lowest BCUT2D eigenvalue weighted by atomic mass is 10.0. The summed E-state index contributed by atoms with van der Waals surface area (Å²) in [6, 6.07) is 0. The first-order valence-electron chi connectivity index (χ1n) is 5.66. The van der Waals surface area contributed by atoms with Gasteiger partial charge in [-0.15, -0.1) is 0 Å². The molecule has 2 aliphatic rings. The van der Waals surface area contributed by atoms with Gasteiger partial charge in [0, 0.05) is 4.91 Å². The van der Waals surface area contributed by atoms with Crippen LogP contribution >= 0.6 is 11.8 Å². The summed E-state index contributed by atoms with van der Waals surface area (Å²) in [4.78, 5) is 2.93. The molecule has 80 valence electrons. The van der Waals surface area contributed by atoms with Crippen molar-refractivity contribution in [3.8, 4) is 0 Å². The van der Waals surface area contributed by atoms with Crippen molar-refractivity contribution in [3.63, 3.8) is 0 Å². The van der Waals surface area contributed by atoms with E-state index in [0.29, 0.717) is 0 Å². The first kappa shape index (κ1) is 10.8. The van der Waals surface area contributed by atoms with Crippen molar-refractivity contribution in [2.45, 2.75) is 33.1 Å². The van der Waals surface area contributed by atoms with E-state index >= 15 is 0 Å². The second-order valence-corrected chi connectivity index (χ2v) is 5.63. The first-order chi connectivity index (χ1) is 7.24. The summed E-state index contributed by atoms with van der Waals surface area (Å²) in [5.41, 5.74) is 1.50. The van der Waals surface area contributed by atoms with Crippen LogP contribution in [0.1, 0.15) is 33.1 Å². The van der Waals surface area contributed by atoms with Crippen LogP contribution in [-0.4, -0.2) is 0 Å². The molecule has 0 N–H and O–H groups in total. The maximum Gasteiger partial charge on any atom is 0.00758 e. The van der Waals surface area contributed by atoms with Gasteiger partial charge in [-0.2, -0.15) is 0 Å². The van der Waals surface area contributed by atoms with Crippen molar-refractivity contribution in [1.29, 1.82) is 0 Å². The van der Waals surface area contributed by atoms with Crippen molar-refractivity contribution in [2.24, 2.45) is 5.92 Å². The number of hydrogen-bond donors (Lipinski definition) is 0. The number of allylic oxidation sites excluding steroid dienone is 7. The summed E-state index contributed by atoms with van der Waals surface area (Å²) in [5.74, 6) is 0.719. The Bertz CT molecular complexity index is 356. The molecular formula is C14H18S. The minimum Gasteiger partial charge on any atom is -0.0949 e. The molecule has 0 heterocycles. The van der Waals surface area contributed by atoms with Crippen LogP contribution in [0.5, 0.6) is 0 Å². The molecule has 0 nitrogen and oxygen atoms in total. The smallest absolute Gasteiger partial charge is 0.00758 e. The second-order valence-electron chi connectivity index (χ2n) is 4.43. The highest BCUT2D eigenvalue weighted by molar-refractivity contribution is 8.06. The van der Waals surface area contributed by atoms with Gasteiger partial charge < -0.3 is 0 Å². The van der Waals surface area contributed by atoms with E-state index in [9.17, 15) is 0 Å². The Kier molecular flexibility index (Phi) is 3.53. The molecule has 0 aromatic carbocycles. The molecule has 0 aromatic rings. The Morgan fingerprint density at radius 1 is 1.27 bits per heavy atom. The van der Waals surface area contributed by atoms with Crippen molar-refractivity contribution >= 4 is 11.8 Å². The fraction of sp³-hybridized carbons (Fsp3) is 0.429. The van der Waals surface area contributed by atoms with E-state index in [4.69, 9.17) is 0 Å². The van der Waals surface area contributed by atoms with Crippen LogP contribution in [-0.2, 0) is 0 Å². The lowest BCUT2D eigenvalue weighted by Gasteiger charge is -2.15. The van der Waals surface area contributed by atoms with E-state index in [-0.39, 0.29) is 0 Å². The van der Waals surface area contributed by atoms with Crippen LogP contribution in [0.4, 0.5) is 0 Å². The van der Waals surface area contributed by atoms with Gasteiger partial charge in [-0.1, -0.05) is 54.6 Å². The second kappa shape index (κ2) is 4.89. The lowest BCUT2D eigenvalue weighted by Crippen LogP contribution is -1.93. The molecule has 0 spiro atoms. The van der Waals surface area contributed by atoms with E-state index in [1.165, 1.54) is 34.6 Å². The Morgan fingerprint density at radius 3 is 2.73 bits per heavy atom. The van der Waals surface area contributed by atoms with Gasteiger partial charge >= 0.3 is 0 Å². The summed E-state index contributed by atoms with van der Waals surface area (Å²) >= 11 is 1.94. The van der Waals surface area contributed by atoms with E-state index < -0.39 is 0 Å². The molecule has 0 unspecified atom stereocenters. The quantitative estimate of drug-likeness (QED) is 0.640. The van der Waals surface area contributed by atoms with Crippen LogP contribution in [0.2, 0.25) is 0 Å². The summed E-state index contributed by atoms with van der Waals surface area (Å²) in [6.07, 6.45) is 15.1. The van der Waals surface area contributed by atoms with E-state index in [1.54, 1.807) is 0 Å². The van der Waals surface area contributed by atoms with Crippen LogP contribution in [0.3, 0.4) is 0 Å². The Hall–Kier alpha value is -0.690. The normalized spacial score (nSPS) is 25.7. The third-order valence-corrected chi connectivity index (χ3v) is 3.99. The largest absolute Gasteiger partial charge is 0.0949 e. The molecule has 2 rings (SSSR count). The SMILES string of the molecule is CC1=CC=C(SC2=CC[C@H](C)C=C2)CC1. The van der Waals surface area contributed by atoms with Crippen LogP contribution in [0.15, 0.2) is 45.8 Å². The Morgan fingerprint density at radius 2 is 2.13 bits per heavy atom. The highest BCUT2D eigenvalue weighted by Crippen LogP contribution is 2.35. The van der Waals surface area contributed by atoms with Crippen LogP contribution < -0.4 is 0 Å². The monoisotopic (exact) mass is 218 g/mol. The van der Waals surface area contributed by atoms with E-state index in [0.717, 1.165) is 5.92 Å². The van der Waals surface area contributed by atoms with E-state index in [2.05, 4.69) is 44.2 Å². The predicted octanol–water partition coefficient (Wildman–Crippen LogP) is 4.82. The molecule has 0 bridgehead atoms. The van der Waals surface area contributed by atoms with Gasteiger partial charge in [0.25, 0.3) is 0 Å². The number of thioether (sulfide) groups is 1. The third-order valence-electron chi connectivity index (χ3n) is 2.85. The molecule has 0 saturated carbocycles. The molecule has 1 heteroatoms. The van der Waals surface area contributed by atoms with Crippen LogP contribution in [0, 0.1) is 5.92 Å². The maximum atomic E-state index is 2.36. The van der Waals surface area contributed by atoms with E-state index in [1.807, 2.05) is 11.8 Å². The molecular weight excluding hydrogens is 200 g/mol.